The number of methoxy groups -OCH3 is 1. The van der Waals surface area contributed by atoms with Gasteiger partial charge in [0.05, 0.1) is 20.2 Å². The third-order valence-corrected chi connectivity index (χ3v) is 3.67. The first-order chi connectivity index (χ1) is 11.1. The van der Waals surface area contributed by atoms with Crippen LogP contribution in [-0.4, -0.2) is 42.2 Å². The molecule has 8 nitrogen and oxygen atoms in total. The number of rotatable bonds is 7. The van der Waals surface area contributed by atoms with Crippen molar-refractivity contribution in [2.75, 3.05) is 25.5 Å². The fourth-order valence-electron chi connectivity index (χ4n) is 1.75. The van der Waals surface area contributed by atoms with Crippen molar-refractivity contribution in [3.63, 3.8) is 0 Å². The molecule has 1 aromatic carbocycles. The normalized spacial score (nSPS) is 10.2. The van der Waals surface area contributed by atoms with E-state index in [-0.39, 0.29) is 19.0 Å². The summed E-state index contributed by atoms with van der Waals surface area (Å²) >= 11 is 1.28. The second-order valence-electron chi connectivity index (χ2n) is 4.56. The van der Waals surface area contributed by atoms with Crippen LogP contribution in [0.25, 0.3) is 0 Å². The summed E-state index contributed by atoms with van der Waals surface area (Å²) < 4.78 is 5.17. The van der Waals surface area contributed by atoms with Gasteiger partial charge in [0.25, 0.3) is 0 Å². The quantitative estimate of drug-likeness (QED) is 0.663. The number of carbonyl (C=O) groups is 2. The molecule has 0 spiro atoms. The molecule has 1 aromatic heterocycles. The zero-order chi connectivity index (χ0) is 16.7. The molecule has 2 amide bonds. The van der Waals surface area contributed by atoms with E-state index in [1.54, 1.807) is 7.11 Å². The first-order valence-electron chi connectivity index (χ1n) is 6.82. The maximum absolute atomic E-state index is 11.6. The number of anilines is 1. The molecular weight excluding hydrogens is 318 g/mol. The Morgan fingerprint density at radius 3 is 2.87 bits per heavy atom. The van der Waals surface area contributed by atoms with Crippen LogP contribution in [0.1, 0.15) is 10.6 Å². The molecule has 0 aliphatic heterocycles. The number of aromatic nitrogens is 2. The van der Waals surface area contributed by atoms with E-state index in [2.05, 4.69) is 20.8 Å². The summed E-state index contributed by atoms with van der Waals surface area (Å²) in [5.41, 5.74) is 6.17. The molecule has 2 aromatic rings. The third-order valence-electron chi connectivity index (χ3n) is 2.83. The van der Waals surface area contributed by atoms with Crippen LogP contribution >= 0.6 is 11.3 Å². The summed E-state index contributed by atoms with van der Waals surface area (Å²) in [5, 5.41) is 14.0. The molecule has 122 valence electrons. The van der Waals surface area contributed by atoms with Crippen molar-refractivity contribution in [3.05, 3.63) is 34.8 Å². The number of carbonyl (C=O) groups excluding carboxylic acids is 2. The van der Waals surface area contributed by atoms with Crippen molar-refractivity contribution in [1.82, 2.24) is 15.5 Å². The first kappa shape index (κ1) is 16.8. The number of ether oxygens (including phenoxy) is 1. The number of amides is 2. The summed E-state index contributed by atoms with van der Waals surface area (Å²) in [6, 6.07) is 7.65. The maximum Gasteiger partial charge on any atom is 0.245 e. The smallest absolute Gasteiger partial charge is 0.245 e. The minimum Gasteiger partial charge on any atom is -0.497 e. The van der Waals surface area contributed by atoms with Crippen LogP contribution in [0.4, 0.5) is 5.13 Å². The Morgan fingerprint density at radius 2 is 2.13 bits per heavy atom. The van der Waals surface area contributed by atoms with Gasteiger partial charge < -0.3 is 15.8 Å². The highest BCUT2D eigenvalue weighted by Crippen LogP contribution is 2.20. The molecule has 4 N–H and O–H groups in total. The van der Waals surface area contributed by atoms with Gasteiger partial charge in [0.2, 0.25) is 16.9 Å². The molecule has 0 aliphatic rings. The van der Waals surface area contributed by atoms with E-state index in [1.807, 2.05) is 24.3 Å². The summed E-state index contributed by atoms with van der Waals surface area (Å²) in [7, 11) is 1.61. The highest BCUT2D eigenvalue weighted by atomic mass is 32.1. The van der Waals surface area contributed by atoms with Gasteiger partial charge in [0, 0.05) is 6.42 Å². The van der Waals surface area contributed by atoms with Crippen LogP contribution in [-0.2, 0) is 16.0 Å². The van der Waals surface area contributed by atoms with Gasteiger partial charge >= 0.3 is 0 Å². The van der Waals surface area contributed by atoms with Gasteiger partial charge in [-0.2, -0.15) is 0 Å². The third kappa shape index (κ3) is 5.31. The molecule has 9 heteroatoms. The van der Waals surface area contributed by atoms with Crippen LogP contribution in [0, 0.1) is 0 Å². The van der Waals surface area contributed by atoms with Gasteiger partial charge in [0.15, 0.2) is 0 Å². The second kappa shape index (κ2) is 8.20. The van der Waals surface area contributed by atoms with E-state index in [1.165, 1.54) is 11.3 Å². The number of hydrogen-bond acceptors (Lipinski definition) is 7. The van der Waals surface area contributed by atoms with Crippen molar-refractivity contribution < 1.29 is 14.3 Å². The SMILES string of the molecule is COc1cccc(Cc2nnc(NC(=O)CNC(=O)CN)s2)c1. The van der Waals surface area contributed by atoms with E-state index in [4.69, 9.17) is 10.5 Å². The second-order valence-corrected chi connectivity index (χ2v) is 5.62. The van der Waals surface area contributed by atoms with Crippen molar-refractivity contribution in [2.24, 2.45) is 5.73 Å². The van der Waals surface area contributed by atoms with Gasteiger partial charge in [0.1, 0.15) is 10.8 Å². The van der Waals surface area contributed by atoms with Crippen LogP contribution < -0.4 is 21.1 Å². The number of nitrogens with two attached hydrogens (primary N) is 1. The van der Waals surface area contributed by atoms with E-state index >= 15 is 0 Å². The Kier molecular flexibility index (Phi) is 6.01. The topological polar surface area (TPSA) is 119 Å². The summed E-state index contributed by atoms with van der Waals surface area (Å²) in [6.07, 6.45) is 0.592. The van der Waals surface area contributed by atoms with Crippen molar-refractivity contribution in [1.29, 1.82) is 0 Å². The monoisotopic (exact) mass is 335 g/mol. The fraction of sp³-hybridized carbons (Fsp3) is 0.286. The molecule has 0 radical (unpaired) electrons. The van der Waals surface area contributed by atoms with E-state index in [0.29, 0.717) is 11.6 Å². The average molecular weight is 335 g/mol. The van der Waals surface area contributed by atoms with Gasteiger partial charge in [-0.05, 0) is 17.7 Å². The molecule has 0 unspecified atom stereocenters. The molecule has 2 rings (SSSR count). The summed E-state index contributed by atoms with van der Waals surface area (Å²) in [4.78, 5) is 22.6. The Morgan fingerprint density at radius 1 is 1.30 bits per heavy atom. The number of nitrogens with one attached hydrogen (secondary N) is 2. The Hall–Kier alpha value is -2.52. The predicted molar refractivity (Wildman–Crippen MR) is 86.4 cm³/mol. The van der Waals surface area contributed by atoms with Crippen LogP contribution in [0.2, 0.25) is 0 Å². The van der Waals surface area contributed by atoms with E-state index in [0.717, 1.165) is 16.3 Å². The number of nitrogens with zero attached hydrogens (tertiary/aromatic N) is 2. The Labute approximate surface area is 137 Å². The molecule has 0 saturated heterocycles. The van der Waals surface area contributed by atoms with Gasteiger partial charge in [-0.1, -0.05) is 23.5 Å². The molecule has 0 bridgehead atoms. The maximum atomic E-state index is 11.6. The fourth-order valence-corrected chi connectivity index (χ4v) is 2.54. The predicted octanol–water partition coefficient (Wildman–Crippen LogP) is 0.151. The van der Waals surface area contributed by atoms with Crippen molar-refractivity contribution in [2.45, 2.75) is 6.42 Å². The van der Waals surface area contributed by atoms with Crippen LogP contribution in [0.5, 0.6) is 5.75 Å². The average Bonchev–Trinajstić information content (AvgIpc) is 2.99. The van der Waals surface area contributed by atoms with Crippen LogP contribution in [0.3, 0.4) is 0 Å². The molecule has 23 heavy (non-hydrogen) atoms. The van der Waals surface area contributed by atoms with Gasteiger partial charge in [-0.25, -0.2) is 0 Å². The molecule has 0 saturated carbocycles. The standard InChI is InChI=1S/C14H17N5O3S/c1-22-10-4-2-3-9(5-10)6-13-18-19-14(23-13)17-12(21)8-16-11(20)7-15/h2-5H,6-8,15H2,1H3,(H,16,20)(H,17,19,21). The number of hydrogen-bond donors (Lipinski definition) is 3. The molecular formula is C14H17N5O3S. The molecule has 1 heterocycles. The lowest BCUT2D eigenvalue weighted by Crippen LogP contribution is -2.36. The lowest BCUT2D eigenvalue weighted by molar-refractivity contribution is -0.123. The Bertz CT molecular complexity index is 689. The highest BCUT2D eigenvalue weighted by Gasteiger charge is 2.10. The largest absolute Gasteiger partial charge is 0.497 e. The van der Waals surface area contributed by atoms with E-state index in [9.17, 15) is 9.59 Å². The lowest BCUT2D eigenvalue weighted by Gasteiger charge is -2.02. The minimum atomic E-state index is -0.392. The Balaban J connectivity index is 1.90. The van der Waals surface area contributed by atoms with Crippen molar-refractivity contribution in [3.8, 4) is 5.75 Å². The number of benzene rings is 1. The van der Waals surface area contributed by atoms with Gasteiger partial charge in [-0.15, -0.1) is 10.2 Å². The minimum absolute atomic E-state index is 0.152. The zero-order valence-electron chi connectivity index (χ0n) is 12.5. The highest BCUT2D eigenvalue weighted by molar-refractivity contribution is 7.15. The molecule has 0 atom stereocenters. The molecule has 0 fully saturated rings. The first-order valence-corrected chi connectivity index (χ1v) is 7.64. The van der Waals surface area contributed by atoms with Crippen molar-refractivity contribution >= 4 is 28.3 Å². The lowest BCUT2D eigenvalue weighted by atomic mass is 10.1. The van der Waals surface area contributed by atoms with E-state index < -0.39 is 5.91 Å². The summed E-state index contributed by atoms with van der Waals surface area (Å²) in [5.74, 6) is 0.00296. The summed E-state index contributed by atoms with van der Waals surface area (Å²) in [6.45, 7) is -0.308. The molecule has 0 aliphatic carbocycles. The van der Waals surface area contributed by atoms with Gasteiger partial charge in [-0.3, -0.25) is 14.9 Å². The zero-order valence-corrected chi connectivity index (χ0v) is 13.4. The van der Waals surface area contributed by atoms with Crippen LogP contribution in [0.15, 0.2) is 24.3 Å².